The summed E-state index contributed by atoms with van der Waals surface area (Å²) in [5.41, 5.74) is 10.6. The van der Waals surface area contributed by atoms with Crippen molar-refractivity contribution in [1.29, 1.82) is 0 Å². The number of esters is 1. The number of hydrogen-bond donors (Lipinski definition) is 2. The number of aromatic nitrogens is 2. The second-order valence-electron chi connectivity index (χ2n) is 7.50. The Hall–Kier alpha value is -3.75. The molecule has 3 aromatic carbocycles. The molecule has 0 fully saturated rings. The number of aliphatic hydroxyl groups is 1. The number of ether oxygens (including phenoxy) is 2. The molecule has 160 valence electrons. The lowest BCUT2D eigenvalue weighted by Crippen LogP contribution is -2.29. The van der Waals surface area contributed by atoms with Crippen molar-refractivity contribution in [2.24, 2.45) is 0 Å². The Labute approximate surface area is 188 Å². The Morgan fingerprint density at radius 3 is 2.47 bits per heavy atom. The zero-order valence-electron chi connectivity index (χ0n) is 17.1. The van der Waals surface area contributed by atoms with Gasteiger partial charge in [0.05, 0.1) is 24.4 Å². The zero-order valence-corrected chi connectivity index (χ0v) is 17.9. The first kappa shape index (κ1) is 20.2. The molecule has 0 radical (unpaired) electrons. The van der Waals surface area contributed by atoms with Gasteiger partial charge in [0.1, 0.15) is 16.8 Å². The zero-order chi connectivity index (χ0) is 22.3. The van der Waals surface area contributed by atoms with Crippen molar-refractivity contribution < 1.29 is 19.4 Å². The highest BCUT2D eigenvalue weighted by Crippen LogP contribution is 2.45. The number of fused-ring (bicyclic) bond motifs is 1. The number of cyclic esters (lactones) is 1. The van der Waals surface area contributed by atoms with Gasteiger partial charge in [-0.3, -0.25) is 0 Å². The Kier molecular flexibility index (Phi) is 4.88. The van der Waals surface area contributed by atoms with Crippen molar-refractivity contribution in [3.8, 4) is 5.75 Å². The molecule has 0 saturated heterocycles. The molecule has 3 N–H and O–H groups in total. The van der Waals surface area contributed by atoms with Crippen LogP contribution in [0.25, 0.3) is 16.6 Å². The van der Waals surface area contributed by atoms with Crippen LogP contribution in [0.2, 0.25) is 0 Å². The molecule has 5 rings (SSSR count). The largest absolute Gasteiger partial charge is 0.497 e. The van der Waals surface area contributed by atoms with E-state index in [9.17, 15) is 9.90 Å². The minimum atomic E-state index is -1.92. The molecule has 1 atom stereocenters. The first-order valence-corrected chi connectivity index (χ1v) is 10.6. The first-order chi connectivity index (χ1) is 15.5. The van der Waals surface area contributed by atoms with E-state index >= 15 is 0 Å². The van der Waals surface area contributed by atoms with Gasteiger partial charge >= 0.3 is 5.97 Å². The van der Waals surface area contributed by atoms with E-state index in [1.165, 1.54) is 0 Å². The van der Waals surface area contributed by atoms with Gasteiger partial charge in [0.2, 0.25) is 0 Å². The van der Waals surface area contributed by atoms with Gasteiger partial charge in [-0.05, 0) is 59.7 Å². The summed E-state index contributed by atoms with van der Waals surface area (Å²) in [7, 11) is 1.56. The lowest BCUT2D eigenvalue weighted by atomic mass is 9.88. The number of nitrogens with two attached hydrogens (primary N) is 1. The molecule has 0 saturated carbocycles. The summed E-state index contributed by atoms with van der Waals surface area (Å²) < 4.78 is 19.3. The van der Waals surface area contributed by atoms with Crippen LogP contribution in [-0.4, -0.2) is 26.9 Å². The molecule has 1 aliphatic heterocycles. The fraction of sp³-hybridized carbons (Fsp3) is 0.125. The molecule has 4 aromatic rings. The number of anilines is 1. The highest BCUT2D eigenvalue weighted by molar-refractivity contribution is 7.00. The number of nitrogen functional groups attached to an aromatic ring is 1. The van der Waals surface area contributed by atoms with E-state index in [1.54, 1.807) is 61.7 Å². The monoisotopic (exact) mass is 445 g/mol. The van der Waals surface area contributed by atoms with Gasteiger partial charge in [0.15, 0.2) is 0 Å². The molecule has 7 nitrogen and oxygen atoms in total. The van der Waals surface area contributed by atoms with Crippen LogP contribution in [0.1, 0.15) is 16.7 Å². The molecular formula is C24H19N3O4S. The average molecular weight is 446 g/mol. The molecule has 0 aliphatic carbocycles. The van der Waals surface area contributed by atoms with E-state index < -0.39 is 11.8 Å². The maximum Gasteiger partial charge on any atom is 0.342 e. The van der Waals surface area contributed by atoms with E-state index in [0.717, 1.165) is 22.8 Å². The van der Waals surface area contributed by atoms with Crippen molar-refractivity contribution in [3.63, 3.8) is 0 Å². The summed E-state index contributed by atoms with van der Waals surface area (Å²) >= 11 is 1.10. The molecule has 1 aliphatic rings. The third-order valence-electron chi connectivity index (χ3n) is 5.54. The normalized spacial score (nSPS) is 18.2. The lowest BCUT2D eigenvalue weighted by Gasteiger charge is -2.26. The van der Waals surface area contributed by atoms with Gasteiger partial charge in [0, 0.05) is 23.2 Å². The number of rotatable bonds is 5. The molecule has 1 aromatic heterocycles. The van der Waals surface area contributed by atoms with Crippen molar-refractivity contribution in [1.82, 2.24) is 8.75 Å². The van der Waals surface area contributed by atoms with Crippen LogP contribution in [-0.2, 0) is 21.7 Å². The fourth-order valence-corrected chi connectivity index (χ4v) is 4.38. The molecule has 0 spiro atoms. The molecule has 0 bridgehead atoms. The predicted molar refractivity (Wildman–Crippen MR) is 122 cm³/mol. The smallest absolute Gasteiger partial charge is 0.342 e. The van der Waals surface area contributed by atoms with E-state index in [0.29, 0.717) is 39.2 Å². The molecular weight excluding hydrogens is 426 g/mol. The van der Waals surface area contributed by atoms with Gasteiger partial charge < -0.3 is 20.3 Å². The second-order valence-corrected chi connectivity index (χ2v) is 8.03. The highest BCUT2D eigenvalue weighted by Gasteiger charge is 2.48. The van der Waals surface area contributed by atoms with Gasteiger partial charge in [-0.1, -0.05) is 18.2 Å². The van der Waals surface area contributed by atoms with Crippen molar-refractivity contribution in [2.75, 3.05) is 12.8 Å². The third-order valence-corrected chi connectivity index (χ3v) is 6.10. The number of hydrogen-bond acceptors (Lipinski definition) is 8. The Balaban J connectivity index is 1.68. The molecule has 2 heterocycles. The van der Waals surface area contributed by atoms with Crippen LogP contribution < -0.4 is 10.5 Å². The van der Waals surface area contributed by atoms with E-state index in [1.807, 2.05) is 12.1 Å². The standard InChI is InChI=1S/C24H19N3O4S/c1-30-18-9-5-16(6-10-18)24(29)19(12-14-2-7-17(25)8-3-14)22(23(28)31-24)15-4-11-20-21(13-15)27-32-26-20/h2-11,13,29H,12,25H2,1H3. The summed E-state index contributed by atoms with van der Waals surface area (Å²) in [6.07, 6.45) is 0.289. The maximum absolute atomic E-state index is 13.1. The minimum Gasteiger partial charge on any atom is -0.497 e. The van der Waals surface area contributed by atoms with E-state index in [2.05, 4.69) is 8.75 Å². The van der Waals surface area contributed by atoms with Crippen molar-refractivity contribution in [3.05, 3.63) is 89.0 Å². The van der Waals surface area contributed by atoms with Crippen LogP contribution in [0.4, 0.5) is 5.69 Å². The molecule has 1 unspecified atom stereocenters. The second kappa shape index (κ2) is 7.74. The summed E-state index contributed by atoms with van der Waals surface area (Å²) in [6.45, 7) is 0. The van der Waals surface area contributed by atoms with E-state index in [-0.39, 0.29) is 6.42 Å². The summed E-state index contributed by atoms with van der Waals surface area (Å²) in [4.78, 5) is 13.1. The molecule has 0 amide bonds. The van der Waals surface area contributed by atoms with E-state index in [4.69, 9.17) is 15.2 Å². The van der Waals surface area contributed by atoms with Gasteiger partial charge in [-0.25, -0.2) is 4.79 Å². The summed E-state index contributed by atoms with van der Waals surface area (Å²) in [5.74, 6) is -1.89. The summed E-state index contributed by atoms with van der Waals surface area (Å²) in [5, 5.41) is 11.7. The molecule has 8 heteroatoms. The van der Waals surface area contributed by atoms with Crippen LogP contribution in [0.3, 0.4) is 0 Å². The Morgan fingerprint density at radius 1 is 1.03 bits per heavy atom. The quantitative estimate of drug-likeness (QED) is 0.356. The average Bonchev–Trinajstić information content (AvgIpc) is 3.37. The van der Waals surface area contributed by atoms with Crippen molar-refractivity contribution >= 4 is 40.0 Å². The maximum atomic E-state index is 13.1. The van der Waals surface area contributed by atoms with Crippen LogP contribution in [0, 0.1) is 0 Å². The van der Waals surface area contributed by atoms with Crippen LogP contribution in [0.5, 0.6) is 5.75 Å². The van der Waals surface area contributed by atoms with Crippen LogP contribution >= 0.6 is 11.7 Å². The predicted octanol–water partition coefficient (Wildman–Crippen LogP) is 3.68. The Morgan fingerprint density at radius 2 is 1.75 bits per heavy atom. The minimum absolute atomic E-state index is 0.289. The topological polar surface area (TPSA) is 108 Å². The number of carbonyl (C=O) groups is 1. The van der Waals surface area contributed by atoms with Crippen LogP contribution in [0.15, 0.2) is 72.3 Å². The first-order valence-electron chi connectivity index (χ1n) is 9.89. The Bertz CT molecular complexity index is 1350. The van der Waals surface area contributed by atoms with Gasteiger partial charge in [-0.15, -0.1) is 0 Å². The lowest BCUT2D eigenvalue weighted by molar-refractivity contribution is -0.185. The SMILES string of the molecule is COc1ccc(C2(O)OC(=O)C(c3ccc4nsnc4c3)=C2Cc2ccc(N)cc2)cc1. The number of benzene rings is 3. The van der Waals surface area contributed by atoms with Gasteiger partial charge in [-0.2, -0.15) is 8.75 Å². The molecule has 32 heavy (non-hydrogen) atoms. The van der Waals surface area contributed by atoms with Gasteiger partial charge in [0.25, 0.3) is 5.79 Å². The number of carbonyl (C=O) groups excluding carboxylic acids is 1. The number of nitrogens with zero attached hydrogens (tertiary/aromatic N) is 2. The number of methoxy groups -OCH3 is 1. The van der Waals surface area contributed by atoms with Crippen molar-refractivity contribution in [2.45, 2.75) is 12.2 Å². The highest BCUT2D eigenvalue weighted by atomic mass is 32.1. The third kappa shape index (κ3) is 3.39. The summed E-state index contributed by atoms with van der Waals surface area (Å²) in [6, 6.07) is 19.5. The fourth-order valence-electron chi connectivity index (χ4n) is 3.87.